The minimum atomic E-state index is 0.151. The average molecular weight is 297 g/mol. The third-order valence-electron chi connectivity index (χ3n) is 4.65. The number of rotatable bonds is 6. The highest BCUT2D eigenvalue weighted by Gasteiger charge is 2.25. The third kappa shape index (κ3) is 5.54. The summed E-state index contributed by atoms with van der Waals surface area (Å²) in [6.45, 7) is 10.1. The Balaban J connectivity index is 1.67. The predicted octanol–water partition coefficient (Wildman–Crippen LogP) is -0.979. The van der Waals surface area contributed by atoms with Crippen LogP contribution in [0.15, 0.2) is 0 Å². The molecule has 1 amide bonds. The zero-order valence-corrected chi connectivity index (χ0v) is 13.4. The van der Waals surface area contributed by atoms with E-state index in [-0.39, 0.29) is 11.8 Å². The Bertz CT molecular complexity index is 317. The highest BCUT2D eigenvalue weighted by Crippen LogP contribution is 2.16. The van der Waals surface area contributed by atoms with Gasteiger partial charge < -0.3 is 20.9 Å². The van der Waals surface area contributed by atoms with Crippen molar-refractivity contribution in [2.45, 2.75) is 12.8 Å². The number of carbonyl (C=O) groups is 1. The summed E-state index contributed by atoms with van der Waals surface area (Å²) in [5, 5.41) is 2.93. The lowest BCUT2D eigenvalue weighted by Gasteiger charge is -2.36. The first-order valence-corrected chi connectivity index (χ1v) is 8.30. The molecular formula is C15H31N5O. The Labute approximate surface area is 128 Å². The molecule has 2 fully saturated rings. The van der Waals surface area contributed by atoms with E-state index in [0.717, 1.165) is 39.0 Å². The third-order valence-corrected chi connectivity index (χ3v) is 4.65. The Morgan fingerprint density at radius 3 is 2.57 bits per heavy atom. The molecule has 6 nitrogen and oxygen atoms in total. The molecule has 0 aromatic heterocycles. The van der Waals surface area contributed by atoms with Gasteiger partial charge in [0.25, 0.3) is 0 Å². The molecule has 6 heteroatoms. The van der Waals surface area contributed by atoms with Crippen molar-refractivity contribution in [2.75, 3.05) is 72.5 Å². The molecule has 3 N–H and O–H groups in total. The summed E-state index contributed by atoms with van der Waals surface area (Å²) in [4.78, 5) is 19.4. The van der Waals surface area contributed by atoms with Crippen molar-refractivity contribution in [3.8, 4) is 0 Å². The second kappa shape index (κ2) is 8.68. The lowest BCUT2D eigenvalue weighted by Crippen LogP contribution is -2.49. The Hall–Kier alpha value is -0.690. The summed E-state index contributed by atoms with van der Waals surface area (Å²) in [6.07, 6.45) is 2.14. The van der Waals surface area contributed by atoms with E-state index in [1.165, 1.54) is 26.2 Å². The van der Waals surface area contributed by atoms with Crippen molar-refractivity contribution in [1.29, 1.82) is 0 Å². The number of likely N-dealkylation sites (N-methyl/N-ethyl adjacent to an activating group) is 1. The summed E-state index contributed by atoms with van der Waals surface area (Å²) in [6, 6.07) is 0. The standard InChI is InChI=1S/C15H31N5O/c1-18-7-9-19(10-8-18)11-12-20-6-2-3-14(13-20)15(21)17-5-4-16/h14H,2-13,16H2,1H3,(H,17,21). The van der Waals surface area contributed by atoms with Crippen LogP contribution in [0, 0.1) is 5.92 Å². The first kappa shape index (κ1) is 16.7. The van der Waals surface area contributed by atoms with Crippen molar-refractivity contribution in [2.24, 2.45) is 11.7 Å². The van der Waals surface area contributed by atoms with Crippen LogP contribution in [0.4, 0.5) is 0 Å². The van der Waals surface area contributed by atoms with Crippen LogP contribution in [0.25, 0.3) is 0 Å². The smallest absolute Gasteiger partial charge is 0.224 e. The van der Waals surface area contributed by atoms with Gasteiger partial charge in [-0.2, -0.15) is 0 Å². The van der Waals surface area contributed by atoms with E-state index in [1.54, 1.807) is 0 Å². The number of carbonyl (C=O) groups excluding carboxylic acids is 1. The van der Waals surface area contributed by atoms with Crippen LogP contribution in [-0.2, 0) is 4.79 Å². The number of nitrogens with zero attached hydrogens (tertiary/aromatic N) is 3. The molecule has 2 saturated heterocycles. The van der Waals surface area contributed by atoms with E-state index >= 15 is 0 Å². The predicted molar refractivity (Wildman–Crippen MR) is 85.2 cm³/mol. The quantitative estimate of drug-likeness (QED) is 0.660. The van der Waals surface area contributed by atoms with Crippen molar-refractivity contribution >= 4 is 5.91 Å². The fourth-order valence-electron chi connectivity index (χ4n) is 3.17. The molecule has 0 aromatic rings. The van der Waals surface area contributed by atoms with Crippen molar-refractivity contribution in [1.82, 2.24) is 20.0 Å². The molecule has 0 bridgehead atoms. The molecule has 122 valence electrons. The SMILES string of the molecule is CN1CCN(CCN2CCCC(C(=O)NCCN)C2)CC1. The zero-order valence-electron chi connectivity index (χ0n) is 13.4. The van der Waals surface area contributed by atoms with Gasteiger partial charge in [-0.05, 0) is 26.4 Å². The summed E-state index contributed by atoms with van der Waals surface area (Å²) < 4.78 is 0. The van der Waals surface area contributed by atoms with E-state index in [1.807, 2.05) is 0 Å². The van der Waals surface area contributed by atoms with Gasteiger partial charge in [0.2, 0.25) is 5.91 Å². The molecule has 0 aromatic carbocycles. The van der Waals surface area contributed by atoms with E-state index in [9.17, 15) is 4.79 Å². The molecule has 1 unspecified atom stereocenters. The fraction of sp³-hybridized carbons (Fsp3) is 0.933. The maximum absolute atomic E-state index is 12.0. The minimum Gasteiger partial charge on any atom is -0.355 e. The normalized spacial score (nSPS) is 25.9. The molecule has 21 heavy (non-hydrogen) atoms. The molecule has 2 heterocycles. The lowest BCUT2D eigenvalue weighted by molar-refractivity contribution is -0.126. The second-order valence-electron chi connectivity index (χ2n) is 6.36. The van der Waals surface area contributed by atoms with E-state index in [0.29, 0.717) is 13.1 Å². The Kier molecular flexibility index (Phi) is 6.89. The van der Waals surface area contributed by atoms with Crippen molar-refractivity contribution in [3.05, 3.63) is 0 Å². The number of likely N-dealkylation sites (tertiary alicyclic amines) is 1. The Morgan fingerprint density at radius 2 is 1.86 bits per heavy atom. The number of hydrogen-bond donors (Lipinski definition) is 2. The molecule has 2 rings (SSSR count). The molecule has 2 aliphatic rings. The van der Waals surface area contributed by atoms with Crippen molar-refractivity contribution < 1.29 is 4.79 Å². The van der Waals surface area contributed by atoms with Gasteiger partial charge in [-0.3, -0.25) is 9.69 Å². The van der Waals surface area contributed by atoms with Gasteiger partial charge in [-0.15, -0.1) is 0 Å². The first-order valence-electron chi connectivity index (χ1n) is 8.30. The van der Waals surface area contributed by atoms with Crippen LogP contribution in [-0.4, -0.2) is 93.1 Å². The number of nitrogens with two attached hydrogens (primary N) is 1. The Morgan fingerprint density at radius 1 is 1.14 bits per heavy atom. The van der Waals surface area contributed by atoms with Gasteiger partial charge in [-0.25, -0.2) is 0 Å². The number of amides is 1. The van der Waals surface area contributed by atoms with Gasteiger partial charge in [0.05, 0.1) is 5.92 Å². The lowest BCUT2D eigenvalue weighted by atomic mass is 9.97. The monoisotopic (exact) mass is 297 g/mol. The van der Waals surface area contributed by atoms with E-state index in [4.69, 9.17) is 5.73 Å². The summed E-state index contributed by atoms with van der Waals surface area (Å²) in [5.41, 5.74) is 5.44. The van der Waals surface area contributed by atoms with Crippen LogP contribution in [0.2, 0.25) is 0 Å². The largest absolute Gasteiger partial charge is 0.355 e. The van der Waals surface area contributed by atoms with E-state index < -0.39 is 0 Å². The van der Waals surface area contributed by atoms with Crippen LogP contribution in [0.5, 0.6) is 0 Å². The molecule has 0 radical (unpaired) electrons. The highest BCUT2D eigenvalue weighted by atomic mass is 16.1. The van der Waals surface area contributed by atoms with E-state index in [2.05, 4.69) is 27.1 Å². The average Bonchev–Trinajstić information content (AvgIpc) is 2.52. The molecule has 0 spiro atoms. The molecule has 0 saturated carbocycles. The summed E-state index contributed by atoms with van der Waals surface area (Å²) >= 11 is 0. The second-order valence-corrected chi connectivity index (χ2v) is 6.36. The van der Waals surface area contributed by atoms with Gasteiger partial charge in [0.15, 0.2) is 0 Å². The van der Waals surface area contributed by atoms with Gasteiger partial charge >= 0.3 is 0 Å². The number of nitrogens with one attached hydrogen (secondary N) is 1. The number of hydrogen-bond acceptors (Lipinski definition) is 5. The van der Waals surface area contributed by atoms with Gasteiger partial charge in [0, 0.05) is 58.9 Å². The number of piperazine rings is 1. The van der Waals surface area contributed by atoms with Gasteiger partial charge in [-0.1, -0.05) is 0 Å². The van der Waals surface area contributed by atoms with Crippen LogP contribution in [0.1, 0.15) is 12.8 Å². The summed E-state index contributed by atoms with van der Waals surface area (Å²) in [5.74, 6) is 0.336. The minimum absolute atomic E-state index is 0.151. The van der Waals surface area contributed by atoms with Crippen LogP contribution < -0.4 is 11.1 Å². The molecule has 0 aliphatic carbocycles. The zero-order chi connectivity index (χ0) is 15.1. The highest BCUT2D eigenvalue weighted by molar-refractivity contribution is 5.78. The van der Waals surface area contributed by atoms with Gasteiger partial charge in [0.1, 0.15) is 0 Å². The summed E-state index contributed by atoms with van der Waals surface area (Å²) in [7, 11) is 2.19. The van der Waals surface area contributed by atoms with Crippen LogP contribution >= 0.6 is 0 Å². The molecule has 1 atom stereocenters. The fourth-order valence-corrected chi connectivity index (χ4v) is 3.17. The topological polar surface area (TPSA) is 64.8 Å². The maximum atomic E-state index is 12.0. The molecule has 2 aliphatic heterocycles. The first-order chi connectivity index (χ1) is 10.2. The molecular weight excluding hydrogens is 266 g/mol. The van der Waals surface area contributed by atoms with Crippen molar-refractivity contribution in [3.63, 3.8) is 0 Å². The maximum Gasteiger partial charge on any atom is 0.224 e. The van der Waals surface area contributed by atoms with Crippen LogP contribution in [0.3, 0.4) is 0 Å². The number of piperidine rings is 1.